The average Bonchev–Trinajstić information content (AvgIpc) is 3.22. The number of rotatable bonds is 2. The maximum Gasteiger partial charge on any atom is 0.471 e. The number of hydrogen-bond donors (Lipinski definition) is 0. The molecule has 2 atom stereocenters. The molecule has 1 aliphatic carbocycles. The van der Waals surface area contributed by atoms with Gasteiger partial charge in [-0.25, -0.2) is 0 Å². The third-order valence-corrected chi connectivity index (χ3v) is 5.57. The van der Waals surface area contributed by atoms with Crippen molar-refractivity contribution < 1.29 is 22.8 Å². The third-order valence-electron chi connectivity index (χ3n) is 5.57. The summed E-state index contributed by atoms with van der Waals surface area (Å²) in [4.78, 5) is 26.9. The number of likely N-dealkylation sites (tertiary alicyclic amines) is 2. The van der Waals surface area contributed by atoms with Crippen LogP contribution in [0.5, 0.6) is 0 Å². The fourth-order valence-electron chi connectivity index (χ4n) is 4.52. The van der Waals surface area contributed by atoms with Crippen molar-refractivity contribution in [2.75, 3.05) is 13.1 Å². The number of alkyl halides is 3. The van der Waals surface area contributed by atoms with Gasteiger partial charge in [0.15, 0.2) is 0 Å². The highest BCUT2D eigenvalue weighted by Gasteiger charge is 2.49. The molecule has 4 nitrogen and oxygen atoms in total. The molecule has 2 aliphatic heterocycles. The number of halogens is 3. The van der Waals surface area contributed by atoms with Crippen LogP contribution in [0.4, 0.5) is 13.2 Å². The molecule has 0 spiro atoms. The van der Waals surface area contributed by atoms with Crippen molar-refractivity contribution >= 4 is 11.8 Å². The quantitative estimate of drug-likeness (QED) is 0.780. The summed E-state index contributed by atoms with van der Waals surface area (Å²) in [6.45, 7) is 0.640. The molecule has 0 aromatic carbocycles. The van der Waals surface area contributed by atoms with Crippen molar-refractivity contribution in [2.24, 2.45) is 5.92 Å². The molecule has 1 saturated carbocycles. The van der Waals surface area contributed by atoms with Gasteiger partial charge in [-0.1, -0.05) is 12.8 Å². The lowest BCUT2D eigenvalue weighted by Crippen LogP contribution is -2.53. The van der Waals surface area contributed by atoms with E-state index in [2.05, 4.69) is 0 Å². The van der Waals surface area contributed by atoms with Crippen molar-refractivity contribution in [3.05, 3.63) is 0 Å². The Bertz CT molecular complexity index is 474. The maximum atomic E-state index is 12.8. The van der Waals surface area contributed by atoms with Crippen molar-refractivity contribution in [2.45, 2.75) is 69.6 Å². The van der Waals surface area contributed by atoms with Crippen molar-refractivity contribution in [3.8, 4) is 0 Å². The number of carbonyl (C=O) groups is 2. The van der Waals surface area contributed by atoms with E-state index >= 15 is 0 Å². The van der Waals surface area contributed by atoms with Gasteiger partial charge in [0.25, 0.3) is 0 Å². The molecule has 23 heavy (non-hydrogen) atoms. The Labute approximate surface area is 134 Å². The van der Waals surface area contributed by atoms with Gasteiger partial charge < -0.3 is 9.80 Å². The summed E-state index contributed by atoms with van der Waals surface area (Å²) in [5.41, 5.74) is 0. The van der Waals surface area contributed by atoms with Crippen molar-refractivity contribution in [3.63, 3.8) is 0 Å². The highest BCUT2D eigenvalue weighted by molar-refractivity contribution is 5.90. The summed E-state index contributed by atoms with van der Waals surface area (Å²) in [5.74, 6) is -1.66. The van der Waals surface area contributed by atoms with Gasteiger partial charge in [0, 0.05) is 19.1 Å². The fourth-order valence-corrected chi connectivity index (χ4v) is 4.52. The molecule has 0 radical (unpaired) electrons. The summed E-state index contributed by atoms with van der Waals surface area (Å²) in [7, 11) is 0. The molecule has 2 saturated heterocycles. The second kappa shape index (κ2) is 6.32. The summed E-state index contributed by atoms with van der Waals surface area (Å²) >= 11 is 0. The molecule has 0 aromatic rings. The SMILES string of the molecule is O=C(C1CCCN1C(=O)C(F)(F)F)N1CCCC1C1CCCC1. The molecule has 3 fully saturated rings. The van der Waals surface area contributed by atoms with Gasteiger partial charge >= 0.3 is 12.1 Å². The summed E-state index contributed by atoms with van der Waals surface area (Å²) in [6.07, 6.45) is 2.29. The highest BCUT2D eigenvalue weighted by atomic mass is 19.4. The molecule has 3 aliphatic rings. The van der Waals surface area contributed by atoms with Gasteiger partial charge in [-0.15, -0.1) is 0 Å². The van der Waals surface area contributed by atoms with Crippen LogP contribution in [0.2, 0.25) is 0 Å². The van der Waals surface area contributed by atoms with E-state index in [9.17, 15) is 22.8 Å². The van der Waals surface area contributed by atoms with Crippen molar-refractivity contribution in [1.29, 1.82) is 0 Å². The molecule has 2 heterocycles. The van der Waals surface area contributed by atoms with Gasteiger partial charge in [0.2, 0.25) is 5.91 Å². The standard InChI is InChI=1S/C16H23F3N2O2/c17-16(18,19)15(23)21-10-4-8-13(21)14(22)20-9-3-7-12(20)11-5-1-2-6-11/h11-13H,1-10H2. The second-order valence-corrected chi connectivity index (χ2v) is 6.94. The first-order chi connectivity index (χ1) is 10.9. The van der Waals surface area contributed by atoms with E-state index in [1.54, 1.807) is 4.90 Å². The van der Waals surface area contributed by atoms with Gasteiger partial charge in [0.05, 0.1) is 0 Å². The van der Waals surface area contributed by atoms with E-state index in [1.165, 1.54) is 12.8 Å². The monoisotopic (exact) mass is 332 g/mol. The number of carbonyl (C=O) groups excluding carboxylic acids is 2. The Balaban J connectivity index is 1.72. The molecular formula is C16H23F3N2O2. The Morgan fingerprint density at radius 3 is 2.09 bits per heavy atom. The van der Waals surface area contributed by atoms with Crippen LogP contribution in [0.3, 0.4) is 0 Å². The average molecular weight is 332 g/mol. The van der Waals surface area contributed by atoms with Crippen molar-refractivity contribution in [1.82, 2.24) is 9.80 Å². The van der Waals surface area contributed by atoms with Gasteiger partial charge in [-0.3, -0.25) is 9.59 Å². The zero-order valence-electron chi connectivity index (χ0n) is 13.1. The van der Waals surface area contributed by atoms with Crippen LogP contribution < -0.4 is 0 Å². The van der Waals surface area contributed by atoms with Crippen LogP contribution in [0.1, 0.15) is 51.4 Å². The highest BCUT2D eigenvalue weighted by Crippen LogP contribution is 2.37. The lowest BCUT2D eigenvalue weighted by molar-refractivity contribution is -0.187. The van der Waals surface area contributed by atoms with E-state index in [0.29, 0.717) is 25.3 Å². The molecule has 130 valence electrons. The molecule has 3 rings (SSSR count). The van der Waals surface area contributed by atoms with Gasteiger partial charge in [-0.05, 0) is 44.4 Å². The van der Waals surface area contributed by atoms with Gasteiger partial charge in [0.1, 0.15) is 6.04 Å². The minimum atomic E-state index is -4.90. The van der Waals surface area contributed by atoms with E-state index in [-0.39, 0.29) is 18.5 Å². The van der Waals surface area contributed by atoms with Crippen LogP contribution >= 0.6 is 0 Å². The summed E-state index contributed by atoms with van der Waals surface area (Å²) < 4.78 is 38.2. The molecule has 0 bridgehead atoms. The van der Waals surface area contributed by atoms with Gasteiger partial charge in [-0.2, -0.15) is 13.2 Å². The molecule has 0 N–H and O–H groups in total. The normalized spacial score (nSPS) is 29.5. The maximum absolute atomic E-state index is 12.8. The number of hydrogen-bond acceptors (Lipinski definition) is 2. The first kappa shape index (κ1) is 16.6. The smallest absolute Gasteiger partial charge is 0.338 e. The Hall–Kier alpha value is -1.27. The van der Waals surface area contributed by atoms with Crippen LogP contribution in [-0.2, 0) is 9.59 Å². The predicted octanol–water partition coefficient (Wildman–Crippen LogP) is 2.72. The van der Waals surface area contributed by atoms with Crippen LogP contribution in [0.15, 0.2) is 0 Å². The van der Waals surface area contributed by atoms with Crippen LogP contribution in [0.25, 0.3) is 0 Å². The topological polar surface area (TPSA) is 40.6 Å². The minimum Gasteiger partial charge on any atom is -0.338 e. The third kappa shape index (κ3) is 3.19. The van der Waals surface area contributed by atoms with E-state index in [4.69, 9.17) is 0 Å². The predicted molar refractivity (Wildman–Crippen MR) is 77.5 cm³/mol. The lowest BCUT2D eigenvalue weighted by atomic mass is 9.95. The molecule has 2 amide bonds. The second-order valence-electron chi connectivity index (χ2n) is 6.94. The number of amides is 2. The zero-order chi connectivity index (χ0) is 16.6. The van der Waals surface area contributed by atoms with Crippen LogP contribution in [-0.4, -0.2) is 53.0 Å². The summed E-state index contributed by atoms with van der Waals surface area (Å²) in [6, 6.07) is -0.764. The Morgan fingerprint density at radius 2 is 1.43 bits per heavy atom. The lowest BCUT2D eigenvalue weighted by Gasteiger charge is -2.34. The zero-order valence-corrected chi connectivity index (χ0v) is 13.1. The summed E-state index contributed by atoms with van der Waals surface area (Å²) in [5, 5.41) is 0. The van der Waals surface area contributed by atoms with Crippen LogP contribution in [0, 0.1) is 5.92 Å². The first-order valence-corrected chi connectivity index (χ1v) is 8.58. The molecular weight excluding hydrogens is 309 g/mol. The number of nitrogens with zero attached hydrogens (tertiary/aromatic N) is 2. The van der Waals surface area contributed by atoms with E-state index in [1.807, 2.05) is 0 Å². The largest absolute Gasteiger partial charge is 0.471 e. The molecule has 0 aromatic heterocycles. The molecule has 2 unspecified atom stereocenters. The molecule has 7 heteroatoms. The first-order valence-electron chi connectivity index (χ1n) is 8.58. The van der Waals surface area contributed by atoms with E-state index < -0.39 is 18.1 Å². The Kier molecular flexibility index (Phi) is 4.56. The Morgan fingerprint density at radius 1 is 0.826 bits per heavy atom. The fraction of sp³-hybridized carbons (Fsp3) is 0.875. The minimum absolute atomic E-state index is 0.0245. The van der Waals surface area contributed by atoms with E-state index in [0.717, 1.165) is 30.6 Å².